The Labute approximate surface area is 121 Å². The molecule has 2 unspecified atom stereocenters. The van der Waals surface area contributed by atoms with Crippen molar-refractivity contribution in [3.8, 4) is 5.75 Å². The number of aromatic nitrogens is 1. The molecule has 3 heteroatoms. The molecule has 2 nitrogen and oxygen atoms in total. The second-order valence-corrected chi connectivity index (χ2v) is 6.03. The first-order valence-corrected chi connectivity index (χ1v) is 7.78. The molecule has 0 aromatic carbocycles. The lowest BCUT2D eigenvalue weighted by Gasteiger charge is -2.52. The van der Waals surface area contributed by atoms with Crippen LogP contribution in [0, 0.1) is 12.3 Å². The van der Waals surface area contributed by atoms with Gasteiger partial charge in [0.05, 0.1) is 5.69 Å². The molecular formula is C16H24ClNO. The average molecular weight is 282 g/mol. The van der Waals surface area contributed by atoms with Gasteiger partial charge in [-0.3, -0.25) is 4.98 Å². The number of pyridine rings is 1. The topological polar surface area (TPSA) is 22.1 Å². The number of nitrogens with zero attached hydrogens (tertiary/aromatic N) is 1. The van der Waals surface area contributed by atoms with E-state index < -0.39 is 0 Å². The zero-order chi connectivity index (χ0) is 14.0. The van der Waals surface area contributed by atoms with Gasteiger partial charge in [0.1, 0.15) is 11.9 Å². The van der Waals surface area contributed by atoms with Gasteiger partial charge in [-0.2, -0.15) is 0 Å². The molecule has 0 radical (unpaired) electrons. The molecular weight excluding hydrogens is 258 g/mol. The second kappa shape index (κ2) is 5.70. The molecule has 106 valence electrons. The van der Waals surface area contributed by atoms with Crippen LogP contribution in [0.4, 0.5) is 0 Å². The lowest BCUT2D eigenvalue weighted by Crippen LogP contribution is -2.56. The molecule has 1 aromatic rings. The molecule has 0 spiro atoms. The fraction of sp³-hybridized carbons (Fsp3) is 0.688. The molecule has 2 atom stereocenters. The van der Waals surface area contributed by atoms with Crippen LogP contribution in [0.2, 0.25) is 0 Å². The highest BCUT2D eigenvalue weighted by atomic mass is 35.5. The van der Waals surface area contributed by atoms with Crippen molar-refractivity contribution in [2.24, 2.45) is 5.41 Å². The fourth-order valence-electron chi connectivity index (χ4n) is 3.12. The van der Waals surface area contributed by atoms with Crippen LogP contribution in [0.1, 0.15) is 51.4 Å². The number of rotatable bonds is 5. The van der Waals surface area contributed by atoms with Gasteiger partial charge in [-0.25, -0.2) is 0 Å². The van der Waals surface area contributed by atoms with E-state index in [2.05, 4.69) is 31.8 Å². The Kier molecular flexibility index (Phi) is 4.39. The third-order valence-electron chi connectivity index (χ3n) is 4.68. The highest BCUT2D eigenvalue weighted by Gasteiger charge is 2.53. The Morgan fingerprint density at radius 1 is 1.32 bits per heavy atom. The molecule has 1 aromatic heterocycles. The molecule has 1 heterocycles. The molecule has 1 aliphatic carbocycles. The van der Waals surface area contributed by atoms with E-state index in [1.54, 1.807) is 0 Å². The SMILES string of the molecule is CCc1nc(C)ccc1OC1CC(Cl)C1(CC)CC. The van der Waals surface area contributed by atoms with Gasteiger partial charge in [-0.15, -0.1) is 11.6 Å². The highest BCUT2D eigenvalue weighted by molar-refractivity contribution is 6.21. The van der Waals surface area contributed by atoms with Crippen molar-refractivity contribution in [3.05, 3.63) is 23.5 Å². The van der Waals surface area contributed by atoms with Gasteiger partial charge in [0.2, 0.25) is 0 Å². The molecule has 0 saturated heterocycles. The Morgan fingerprint density at radius 3 is 2.53 bits per heavy atom. The maximum absolute atomic E-state index is 6.44. The average Bonchev–Trinajstić information content (AvgIpc) is 2.41. The van der Waals surface area contributed by atoms with Crippen molar-refractivity contribution in [1.82, 2.24) is 4.98 Å². The first-order valence-electron chi connectivity index (χ1n) is 7.34. The van der Waals surface area contributed by atoms with E-state index in [0.29, 0.717) is 0 Å². The van der Waals surface area contributed by atoms with Crippen molar-refractivity contribution >= 4 is 11.6 Å². The zero-order valence-electron chi connectivity index (χ0n) is 12.4. The van der Waals surface area contributed by atoms with Crippen LogP contribution in [-0.2, 0) is 6.42 Å². The Morgan fingerprint density at radius 2 is 2.00 bits per heavy atom. The summed E-state index contributed by atoms with van der Waals surface area (Å²) in [5.74, 6) is 0.938. The number of aryl methyl sites for hydroxylation is 2. The normalized spacial score (nSPS) is 24.9. The molecule has 0 bridgehead atoms. The maximum atomic E-state index is 6.44. The van der Waals surface area contributed by atoms with Gasteiger partial charge >= 0.3 is 0 Å². The summed E-state index contributed by atoms with van der Waals surface area (Å²) in [7, 11) is 0. The summed E-state index contributed by atoms with van der Waals surface area (Å²) in [5.41, 5.74) is 2.24. The summed E-state index contributed by atoms with van der Waals surface area (Å²) >= 11 is 6.44. The number of halogens is 1. The number of alkyl halides is 1. The van der Waals surface area contributed by atoms with E-state index >= 15 is 0 Å². The third-order valence-corrected chi connectivity index (χ3v) is 5.29. The van der Waals surface area contributed by atoms with Gasteiger partial charge in [0.15, 0.2) is 0 Å². The van der Waals surface area contributed by atoms with Crippen molar-refractivity contribution in [2.75, 3.05) is 0 Å². The van der Waals surface area contributed by atoms with Crippen molar-refractivity contribution in [3.63, 3.8) is 0 Å². The maximum Gasteiger partial charge on any atom is 0.141 e. The first-order chi connectivity index (χ1) is 9.07. The zero-order valence-corrected chi connectivity index (χ0v) is 13.1. The van der Waals surface area contributed by atoms with Crippen LogP contribution in [0.25, 0.3) is 0 Å². The Bertz CT molecular complexity index is 442. The molecule has 1 saturated carbocycles. The van der Waals surface area contributed by atoms with E-state index in [9.17, 15) is 0 Å². The highest BCUT2D eigenvalue weighted by Crippen LogP contribution is 2.52. The van der Waals surface area contributed by atoms with Gasteiger partial charge in [-0.05, 0) is 38.3 Å². The molecule has 1 fully saturated rings. The first kappa shape index (κ1) is 14.6. The van der Waals surface area contributed by atoms with E-state index in [1.165, 1.54) is 0 Å². The number of ether oxygens (including phenoxy) is 1. The summed E-state index contributed by atoms with van der Waals surface area (Å²) < 4.78 is 6.25. The van der Waals surface area contributed by atoms with E-state index in [0.717, 1.165) is 42.8 Å². The minimum Gasteiger partial charge on any atom is -0.488 e. The van der Waals surface area contributed by atoms with Crippen LogP contribution in [-0.4, -0.2) is 16.5 Å². The molecule has 0 aliphatic heterocycles. The lowest BCUT2D eigenvalue weighted by molar-refractivity contribution is -0.0468. The van der Waals surface area contributed by atoms with Crippen LogP contribution in [0.15, 0.2) is 12.1 Å². The quantitative estimate of drug-likeness (QED) is 0.741. The lowest BCUT2D eigenvalue weighted by atomic mass is 9.62. The van der Waals surface area contributed by atoms with Gasteiger partial charge in [0, 0.05) is 22.9 Å². The molecule has 19 heavy (non-hydrogen) atoms. The van der Waals surface area contributed by atoms with Gasteiger partial charge < -0.3 is 4.74 Å². The number of hydrogen-bond acceptors (Lipinski definition) is 2. The van der Waals surface area contributed by atoms with Gasteiger partial charge in [0.25, 0.3) is 0 Å². The van der Waals surface area contributed by atoms with Crippen molar-refractivity contribution in [2.45, 2.75) is 64.9 Å². The summed E-state index contributed by atoms with van der Waals surface area (Å²) in [4.78, 5) is 4.56. The van der Waals surface area contributed by atoms with Crippen LogP contribution < -0.4 is 4.74 Å². The fourth-order valence-corrected chi connectivity index (χ4v) is 3.73. The predicted molar refractivity (Wildman–Crippen MR) is 80.0 cm³/mol. The van der Waals surface area contributed by atoms with Crippen LogP contribution in [0.5, 0.6) is 5.75 Å². The summed E-state index contributed by atoms with van der Waals surface area (Å²) in [6.07, 6.45) is 4.23. The van der Waals surface area contributed by atoms with E-state index in [4.69, 9.17) is 16.3 Å². The molecule has 0 N–H and O–H groups in total. The molecule has 2 rings (SSSR count). The standard InChI is InChI=1S/C16H24ClNO/c1-5-12-13(9-8-11(4)18-12)19-15-10-14(17)16(15,6-2)7-3/h8-9,14-15H,5-7,10H2,1-4H3. The smallest absolute Gasteiger partial charge is 0.141 e. The monoisotopic (exact) mass is 281 g/mol. The van der Waals surface area contributed by atoms with Gasteiger partial charge in [-0.1, -0.05) is 20.8 Å². The summed E-state index contributed by atoms with van der Waals surface area (Å²) in [5, 5.41) is 0.246. The van der Waals surface area contributed by atoms with Crippen molar-refractivity contribution in [1.29, 1.82) is 0 Å². The molecule has 1 aliphatic rings. The number of hydrogen-bond donors (Lipinski definition) is 0. The van der Waals surface area contributed by atoms with Crippen LogP contribution in [0.3, 0.4) is 0 Å². The molecule has 0 amide bonds. The summed E-state index contributed by atoms with van der Waals surface area (Å²) in [6, 6.07) is 4.07. The largest absolute Gasteiger partial charge is 0.488 e. The predicted octanol–water partition coefficient (Wildman–Crippen LogP) is 4.52. The van der Waals surface area contributed by atoms with E-state index in [-0.39, 0.29) is 16.9 Å². The van der Waals surface area contributed by atoms with Crippen molar-refractivity contribution < 1.29 is 4.74 Å². The summed E-state index contributed by atoms with van der Waals surface area (Å²) in [6.45, 7) is 8.56. The Hall–Kier alpha value is -0.760. The van der Waals surface area contributed by atoms with Crippen LogP contribution >= 0.6 is 11.6 Å². The van der Waals surface area contributed by atoms with E-state index in [1.807, 2.05) is 13.0 Å². The Balaban J connectivity index is 2.18. The third kappa shape index (κ3) is 2.47. The second-order valence-electron chi connectivity index (χ2n) is 5.50. The minimum absolute atomic E-state index is 0.136. The minimum atomic E-state index is 0.136.